The molecule has 0 radical (unpaired) electrons. The normalized spacial score (nSPS) is 10.9. The molecule has 2 aromatic carbocycles. The van der Waals surface area contributed by atoms with Crippen molar-refractivity contribution in [3.63, 3.8) is 0 Å². The highest BCUT2D eigenvalue weighted by Crippen LogP contribution is 2.33. The number of fused-ring (bicyclic) bond motifs is 1. The van der Waals surface area contributed by atoms with E-state index in [-0.39, 0.29) is 23.0 Å². The summed E-state index contributed by atoms with van der Waals surface area (Å²) in [4.78, 5) is 35.7. The molecule has 30 heavy (non-hydrogen) atoms. The summed E-state index contributed by atoms with van der Waals surface area (Å²) in [5, 5.41) is 0.811. The smallest absolute Gasteiger partial charge is 0.343 e. The summed E-state index contributed by atoms with van der Waals surface area (Å²) in [6, 6.07) is 2.48. The molecule has 156 valence electrons. The number of rotatable bonds is 5. The van der Waals surface area contributed by atoms with Gasteiger partial charge in [-0.25, -0.2) is 18.0 Å². The minimum atomic E-state index is -1.47. The molecule has 0 aliphatic carbocycles. The zero-order valence-electron chi connectivity index (χ0n) is 15.1. The Hall–Kier alpha value is -3.04. The number of carbonyl (C=O) groups is 2. The van der Waals surface area contributed by atoms with E-state index in [1.54, 1.807) is 0 Å². The zero-order valence-corrected chi connectivity index (χ0v) is 16.6. The predicted octanol–water partition coefficient (Wildman–Crippen LogP) is 4.46. The summed E-state index contributed by atoms with van der Waals surface area (Å²) >= 11 is 11.8. The van der Waals surface area contributed by atoms with Crippen molar-refractivity contribution < 1.29 is 27.5 Å². The van der Waals surface area contributed by atoms with E-state index in [4.69, 9.17) is 27.9 Å². The zero-order chi connectivity index (χ0) is 22.2. The quantitative estimate of drug-likeness (QED) is 0.347. The van der Waals surface area contributed by atoms with E-state index in [0.29, 0.717) is 12.5 Å². The lowest BCUT2D eigenvalue weighted by Crippen LogP contribution is -2.21. The Labute approximate surface area is 176 Å². The molecule has 0 bridgehead atoms. The molecule has 0 atom stereocenters. The minimum absolute atomic E-state index is 0.0219. The minimum Gasteiger partial charge on any atom is -0.462 e. The van der Waals surface area contributed by atoms with Crippen LogP contribution in [0.3, 0.4) is 0 Å². The Bertz CT molecular complexity index is 1260. The van der Waals surface area contributed by atoms with Crippen molar-refractivity contribution in [1.82, 2.24) is 4.57 Å². The number of amides is 1. The van der Waals surface area contributed by atoms with E-state index in [2.05, 4.69) is 5.32 Å². The molecule has 1 N–H and O–H groups in total. The van der Waals surface area contributed by atoms with E-state index in [0.717, 1.165) is 22.9 Å². The van der Waals surface area contributed by atoms with E-state index in [9.17, 15) is 27.6 Å². The van der Waals surface area contributed by atoms with E-state index < -0.39 is 50.3 Å². The van der Waals surface area contributed by atoms with Crippen LogP contribution in [-0.2, 0) is 9.53 Å². The SMILES string of the molecule is CCOC(=O)c1cn(-c2cc(NC=O)c(Cl)cc2F)c2c(Cl)c(F)c(F)cc2c1=O. The average molecular weight is 459 g/mol. The molecule has 3 aromatic rings. The third-order valence-corrected chi connectivity index (χ3v) is 4.79. The first-order valence-corrected chi connectivity index (χ1v) is 9.06. The van der Waals surface area contributed by atoms with Crippen LogP contribution in [-0.4, -0.2) is 23.6 Å². The largest absolute Gasteiger partial charge is 0.462 e. The fraction of sp³-hybridized carbons (Fsp3) is 0.105. The lowest BCUT2D eigenvalue weighted by molar-refractivity contribution is -0.105. The second-order valence-corrected chi connectivity index (χ2v) is 6.68. The average Bonchev–Trinajstić information content (AvgIpc) is 2.69. The van der Waals surface area contributed by atoms with Crippen LogP contribution < -0.4 is 10.7 Å². The van der Waals surface area contributed by atoms with Crippen molar-refractivity contribution in [1.29, 1.82) is 0 Å². The van der Waals surface area contributed by atoms with Crippen LogP contribution >= 0.6 is 23.2 Å². The second kappa shape index (κ2) is 8.37. The number of aromatic nitrogens is 1. The van der Waals surface area contributed by atoms with Crippen molar-refractivity contribution in [2.75, 3.05) is 11.9 Å². The summed E-state index contributed by atoms with van der Waals surface area (Å²) in [6.07, 6.45) is 1.18. The van der Waals surface area contributed by atoms with Crippen LogP contribution in [0.5, 0.6) is 0 Å². The van der Waals surface area contributed by atoms with Crippen LogP contribution in [0.4, 0.5) is 18.9 Å². The Morgan fingerprint density at radius 2 is 1.90 bits per heavy atom. The molecule has 0 spiro atoms. The van der Waals surface area contributed by atoms with Crippen molar-refractivity contribution in [2.24, 2.45) is 0 Å². The summed E-state index contributed by atoms with van der Waals surface area (Å²) in [5.74, 6) is -4.92. The molecular weight excluding hydrogens is 448 g/mol. The number of carbonyl (C=O) groups excluding carboxylic acids is 2. The molecule has 6 nitrogen and oxygen atoms in total. The Morgan fingerprint density at radius 3 is 2.53 bits per heavy atom. The van der Waals surface area contributed by atoms with Gasteiger partial charge in [-0.3, -0.25) is 9.59 Å². The van der Waals surface area contributed by atoms with Gasteiger partial charge in [0.15, 0.2) is 11.6 Å². The van der Waals surface area contributed by atoms with E-state index in [1.165, 1.54) is 6.92 Å². The first kappa shape index (κ1) is 21.7. The van der Waals surface area contributed by atoms with Gasteiger partial charge in [0.25, 0.3) is 0 Å². The van der Waals surface area contributed by atoms with Gasteiger partial charge in [0.05, 0.1) is 33.9 Å². The van der Waals surface area contributed by atoms with Gasteiger partial charge in [0.2, 0.25) is 11.8 Å². The Balaban J connectivity index is 2.50. The molecule has 11 heteroatoms. The van der Waals surface area contributed by atoms with Gasteiger partial charge in [-0.15, -0.1) is 0 Å². The summed E-state index contributed by atoms with van der Waals surface area (Å²) in [7, 11) is 0. The van der Waals surface area contributed by atoms with Gasteiger partial charge in [-0.05, 0) is 25.1 Å². The Morgan fingerprint density at radius 1 is 1.20 bits per heavy atom. The monoisotopic (exact) mass is 458 g/mol. The third-order valence-electron chi connectivity index (χ3n) is 4.13. The molecule has 0 saturated heterocycles. The number of benzene rings is 2. The predicted molar refractivity (Wildman–Crippen MR) is 105 cm³/mol. The number of anilines is 1. The summed E-state index contributed by atoms with van der Waals surface area (Å²) < 4.78 is 48.5. The maximum atomic E-state index is 14.8. The number of nitrogens with zero attached hydrogens (tertiary/aromatic N) is 1. The molecule has 1 amide bonds. The molecule has 0 saturated carbocycles. The highest BCUT2D eigenvalue weighted by Gasteiger charge is 2.24. The fourth-order valence-electron chi connectivity index (χ4n) is 2.83. The van der Waals surface area contributed by atoms with E-state index in [1.807, 2.05) is 0 Å². The molecular formula is C19H11Cl2F3N2O4. The van der Waals surface area contributed by atoms with E-state index >= 15 is 0 Å². The van der Waals surface area contributed by atoms with Crippen molar-refractivity contribution in [2.45, 2.75) is 6.92 Å². The van der Waals surface area contributed by atoms with Crippen molar-refractivity contribution in [3.05, 3.63) is 67.7 Å². The second-order valence-electron chi connectivity index (χ2n) is 5.89. The van der Waals surface area contributed by atoms with Gasteiger partial charge in [0, 0.05) is 6.20 Å². The van der Waals surface area contributed by atoms with Crippen LogP contribution in [0, 0.1) is 17.5 Å². The molecule has 0 fully saturated rings. The molecule has 1 aromatic heterocycles. The molecule has 3 rings (SSSR count). The highest BCUT2D eigenvalue weighted by atomic mass is 35.5. The maximum absolute atomic E-state index is 14.8. The fourth-order valence-corrected chi connectivity index (χ4v) is 3.32. The summed E-state index contributed by atoms with van der Waals surface area (Å²) in [6.45, 7) is 1.43. The highest BCUT2D eigenvalue weighted by molar-refractivity contribution is 6.35. The maximum Gasteiger partial charge on any atom is 0.343 e. The van der Waals surface area contributed by atoms with Crippen LogP contribution in [0.25, 0.3) is 16.6 Å². The number of pyridine rings is 1. The first-order valence-electron chi connectivity index (χ1n) is 8.30. The Kier molecular flexibility index (Phi) is 6.04. The van der Waals surface area contributed by atoms with Gasteiger partial charge in [0.1, 0.15) is 16.4 Å². The third kappa shape index (κ3) is 3.61. The summed E-state index contributed by atoms with van der Waals surface area (Å²) in [5.41, 5.74) is -2.32. The van der Waals surface area contributed by atoms with Gasteiger partial charge >= 0.3 is 5.97 Å². The lowest BCUT2D eigenvalue weighted by atomic mass is 10.1. The van der Waals surface area contributed by atoms with Gasteiger partial charge in [-0.1, -0.05) is 23.2 Å². The number of halogens is 5. The van der Waals surface area contributed by atoms with Crippen LogP contribution in [0.15, 0.2) is 29.2 Å². The van der Waals surface area contributed by atoms with Crippen LogP contribution in [0.1, 0.15) is 17.3 Å². The molecule has 1 heterocycles. The van der Waals surface area contributed by atoms with Crippen LogP contribution in [0.2, 0.25) is 10.0 Å². The number of esters is 1. The molecule has 0 unspecified atom stereocenters. The number of hydrogen-bond acceptors (Lipinski definition) is 4. The van der Waals surface area contributed by atoms with Gasteiger partial charge in [-0.2, -0.15) is 0 Å². The molecule has 0 aliphatic rings. The first-order chi connectivity index (χ1) is 14.2. The number of hydrogen-bond donors (Lipinski definition) is 1. The van der Waals surface area contributed by atoms with Crippen molar-refractivity contribution in [3.8, 4) is 5.69 Å². The number of nitrogens with one attached hydrogen (secondary N) is 1. The topological polar surface area (TPSA) is 77.4 Å². The standard InChI is InChI=1S/C19H11Cl2F3N2O4/c1-2-30-19(29)9-6-26(14-5-13(25-7-27)10(20)4-11(14)22)17-8(18(9)28)3-12(23)16(24)15(17)21/h3-7H,2H2,1H3,(H,25,27). The van der Waals surface area contributed by atoms with Gasteiger partial charge < -0.3 is 14.6 Å². The molecule has 0 aliphatic heterocycles. The number of ether oxygens (including phenoxy) is 1. The lowest BCUT2D eigenvalue weighted by Gasteiger charge is -2.17. The van der Waals surface area contributed by atoms with Crippen molar-refractivity contribution >= 4 is 52.2 Å².